The van der Waals surface area contributed by atoms with E-state index < -0.39 is 28.7 Å². The van der Waals surface area contributed by atoms with Crippen molar-refractivity contribution in [2.75, 3.05) is 0 Å². The fourth-order valence-corrected chi connectivity index (χ4v) is 4.58. The lowest BCUT2D eigenvalue weighted by Gasteiger charge is -2.18. The molecule has 0 bridgehead atoms. The molecule has 5 nitrogen and oxygen atoms in total. The van der Waals surface area contributed by atoms with Crippen molar-refractivity contribution in [1.29, 1.82) is 0 Å². The van der Waals surface area contributed by atoms with Crippen LogP contribution < -0.4 is 0 Å². The normalized spacial score (nSPS) is 13.0. The molecule has 0 heterocycles. The largest absolute Gasteiger partial charge is 0.399 e. The van der Waals surface area contributed by atoms with Crippen LogP contribution in [0.1, 0.15) is 16.7 Å². The van der Waals surface area contributed by atoms with Gasteiger partial charge in [-0.15, -0.1) is 0 Å². The van der Waals surface area contributed by atoms with E-state index in [0.29, 0.717) is 5.56 Å². The number of sulfone groups is 1. The first-order valence-electron chi connectivity index (χ1n) is 6.88. The van der Waals surface area contributed by atoms with Crippen molar-refractivity contribution in [2.45, 2.75) is 17.2 Å². The zero-order valence-corrected chi connectivity index (χ0v) is 15.9. The molecule has 0 saturated heterocycles. The van der Waals surface area contributed by atoms with Gasteiger partial charge in [0.2, 0.25) is 0 Å². The van der Waals surface area contributed by atoms with E-state index in [0.717, 1.165) is 28.7 Å². The van der Waals surface area contributed by atoms with Crippen LogP contribution in [0.3, 0.4) is 0 Å². The quantitative estimate of drug-likeness (QED) is 0.647. The Morgan fingerprint density at radius 1 is 1.00 bits per heavy atom. The predicted octanol–water partition coefficient (Wildman–Crippen LogP) is 3.79. The molecule has 0 radical (unpaired) electrons. The molecule has 0 spiro atoms. The maximum absolute atomic E-state index is 13.6. The van der Waals surface area contributed by atoms with Crippen molar-refractivity contribution in [3.63, 3.8) is 0 Å². The average Bonchev–Trinajstić information content (AvgIpc) is 2.45. The molecular weight excluding hydrogens is 441 g/mol. The summed E-state index contributed by atoms with van der Waals surface area (Å²) in [5.74, 6) is -0.589. The van der Waals surface area contributed by atoms with E-state index in [4.69, 9.17) is 9.79 Å². The topological polar surface area (TPSA) is 91.7 Å². The Morgan fingerprint density at radius 2 is 1.56 bits per heavy atom. The number of benzene rings is 2. The summed E-state index contributed by atoms with van der Waals surface area (Å²) in [6, 6.07) is 10.7. The second-order valence-electron chi connectivity index (χ2n) is 5.44. The number of halogens is 3. The van der Waals surface area contributed by atoms with Gasteiger partial charge in [0.05, 0.1) is 11.5 Å². The molecule has 0 unspecified atom stereocenters. The molecule has 10 heteroatoms. The van der Waals surface area contributed by atoms with Crippen LogP contribution in [0.5, 0.6) is 0 Å². The lowest BCUT2D eigenvalue weighted by atomic mass is 10.1. The van der Waals surface area contributed by atoms with Gasteiger partial charge in [-0.2, -0.15) is 8.78 Å². The molecule has 0 fully saturated rings. The Balaban J connectivity index is 2.17. The molecule has 2 aromatic rings. The first kappa shape index (κ1) is 20.2. The van der Waals surface area contributed by atoms with Gasteiger partial charge < -0.3 is 9.79 Å². The highest BCUT2D eigenvalue weighted by Gasteiger charge is 2.50. The van der Waals surface area contributed by atoms with Gasteiger partial charge >= 0.3 is 13.3 Å². The molecule has 2 rings (SSSR count). The molecule has 0 aromatic heterocycles. The minimum absolute atomic E-state index is 0.215. The van der Waals surface area contributed by atoms with Crippen LogP contribution in [0.25, 0.3) is 0 Å². The second-order valence-corrected chi connectivity index (χ2v) is 10.1. The molecule has 2 aromatic carbocycles. The zero-order valence-electron chi connectivity index (χ0n) is 12.6. The maximum Gasteiger partial charge on any atom is 0.399 e. The lowest BCUT2D eigenvalue weighted by molar-refractivity contribution is 0.0564. The summed E-state index contributed by atoms with van der Waals surface area (Å²) in [4.78, 5) is 17.4. The summed E-state index contributed by atoms with van der Waals surface area (Å²) in [7, 11) is -9.20. The molecule has 0 atom stereocenters. The summed E-state index contributed by atoms with van der Waals surface area (Å²) in [5.41, 5.74) is -4.35. The van der Waals surface area contributed by atoms with E-state index >= 15 is 0 Å². The Hall–Kier alpha value is -1.12. The van der Waals surface area contributed by atoms with Crippen molar-refractivity contribution in [2.24, 2.45) is 0 Å². The van der Waals surface area contributed by atoms with Crippen molar-refractivity contribution in [3.8, 4) is 0 Å². The van der Waals surface area contributed by atoms with Gasteiger partial charge in [-0.05, 0) is 23.3 Å². The van der Waals surface area contributed by atoms with Crippen LogP contribution in [-0.2, 0) is 31.6 Å². The van der Waals surface area contributed by atoms with Gasteiger partial charge in [0.15, 0.2) is 9.84 Å². The van der Waals surface area contributed by atoms with Gasteiger partial charge in [-0.3, -0.25) is 4.57 Å². The minimum Gasteiger partial charge on any atom is -0.320 e. The van der Waals surface area contributed by atoms with E-state index in [1.807, 2.05) is 0 Å². The van der Waals surface area contributed by atoms with Gasteiger partial charge in [0, 0.05) is 10.0 Å². The third-order valence-electron chi connectivity index (χ3n) is 3.33. The van der Waals surface area contributed by atoms with Crippen LogP contribution in [0.2, 0.25) is 0 Å². The van der Waals surface area contributed by atoms with E-state index in [9.17, 15) is 21.8 Å². The van der Waals surface area contributed by atoms with E-state index in [1.54, 1.807) is 24.3 Å². The predicted molar refractivity (Wildman–Crippen MR) is 92.8 cm³/mol. The Labute approximate surface area is 151 Å². The Kier molecular flexibility index (Phi) is 5.85. The van der Waals surface area contributed by atoms with Gasteiger partial charge in [0.25, 0.3) is 0 Å². The molecular formula is C15H14BrF2O5PS. The van der Waals surface area contributed by atoms with Crippen LogP contribution in [0.15, 0.2) is 53.0 Å². The fraction of sp³-hybridized carbons (Fsp3) is 0.200. The van der Waals surface area contributed by atoms with E-state index in [2.05, 4.69) is 15.9 Å². The average molecular weight is 455 g/mol. The van der Waals surface area contributed by atoms with Crippen LogP contribution in [0, 0.1) is 0 Å². The van der Waals surface area contributed by atoms with Crippen LogP contribution >= 0.6 is 23.5 Å². The van der Waals surface area contributed by atoms with Crippen molar-refractivity contribution in [3.05, 3.63) is 69.7 Å². The molecule has 0 saturated carbocycles. The van der Waals surface area contributed by atoms with Crippen LogP contribution in [0.4, 0.5) is 8.78 Å². The number of hydrogen-bond acceptors (Lipinski definition) is 3. The summed E-state index contributed by atoms with van der Waals surface area (Å²) in [6.45, 7) is 0. The summed E-state index contributed by atoms with van der Waals surface area (Å²) < 4.78 is 63.2. The van der Waals surface area contributed by atoms with Crippen molar-refractivity contribution < 1.29 is 31.6 Å². The summed E-state index contributed by atoms with van der Waals surface area (Å²) in [6.07, 6.45) is 0. The molecule has 25 heavy (non-hydrogen) atoms. The molecule has 2 N–H and O–H groups in total. The summed E-state index contributed by atoms with van der Waals surface area (Å²) in [5, 5.41) is 0. The van der Waals surface area contributed by atoms with Crippen molar-refractivity contribution in [1.82, 2.24) is 0 Å². The van der Waals surface area contributed by atoms with Crippen LogP contribution in [-0.4, -0.2) is 18.2 Å². The van der Waals surface area contributed by atoms with E-state index in [-0.39, 0.29) is 17.1 Å². The van der Waals surface area contributed by atoms with Gasteiger partial charge in [-0.25, -0.2) is 8.42 Å². The highest BCUT2D eigenvalue weighted by atomic mass is 79.9. The highest BCUT2D eigenvalue weighted by Crippen LogP contribution is 2.59. The first-order valence-corrected chi connectivity index (χ1v) is 11.1. The highest BCUT2D eigenvalue weighted by molar-refractivity contribution is 9.10. The SMILES string of the molecule is O=P(O)(O)C(F)(F)c1ccc(CS(=O)(=O)Cc2cccc(Br)c2)cc1. The van der Waals surface area contributed by atoms with E-state index in [1.165, 1.54) is 0 Å². The second kappa shape index (κ2) is 7.25. The van der Waals surface area contributed by atoms with Gasteiger partial charge in [0.1, 0.15) is 0 Å². The molecule has 0 aliphatic rings. The number of hydrogen-bond donors (Lipinski definition) is 2. The minimum atomic E-state index is -5.65. The Bertz CT molecular complexity index is 910. The van der Waals surface area contributed by atoms with Gasteiger partial charge in [-0.1, -0.05) is 52.3 Å². The summed E-state index contributed by atoms with van der Waals surface area (Å²) >= 11 is 3.25. The Morgan fingerprint density at radius 3 is 2.08 bits per heavy atom. The molecule has 0 aliphatic heterocycles. The molecule has 136 valence electrons. The standard InChI is InChI=1S/C15H14BrF2O5PS/c16-14-3-1-2-12(8-14)10-25(22,23)9-11-4-6-13(7-5-11)15(17,18)24(19,20)21/h1-8H,9-10H2,(H2,19,20,21). The third-order valence-corrected chi connectivity index (χ3v) is 6.36. The zero-order chi connectivity index (χ0) is 18.9. The fourth-order valence-electron chi connectivity index (χ4n) is 2.16. The number of rotatable bonds is 6. The molecule has 0 amide bonds. The monoisotopic (exact) mass is 454 g/mol. The maximum atomic E-state index is 13.6. The number of alkyl halides is 2. The van der Waals surface area contributed by atoms with Crippen molar-refractivity contribution >= 4 is 33.4 Å². The smallest absolute Gasteiger partial charge is 0.320 e. The first-order chi connectivity index (χ1) is 11.4. The molecule has 0 aliphatic carbocycles. The third kappa shape index (κ3) is 5.18. The lowest BCUT2D eigenvalue weighted by Crippen LogP contribution is -2.14.